The fourth-order valence-corrected chi connectivity index (χ4v) is 2.68. The van der Waals surface area contributed by atoms with E-state index in [4.69, 9.17) is 0 Å². The Kier molecular flexibility index (Phi) is 4.25. The maximum absolute atomic E-state index is 12.1. The van der Waals surface area contributed by atoms with Gasteiger partial charge in [0, 0.05) is 19.0 Å². The van der Waals surface area contributed by atoms with Crippen LogP contribution in [0, 0.1) is 0 Å². The molecular formula is C15H19N5O. The minimum Gasteiger partial charge on any atom is -0.354 e. The van der Waals surface area contributed by atoms with Crippen LogP contribution in [-0.4, -0.2) is 33.9 Å². The fraction of sp³-hybridized carbons (Fsp3) is 0.400. The van der Waals surface area contributed by atoms with Gasteiger partial charge in [-0.25, -0.2) is 0 Å². The van der Waals surface area contributed by atoms with Crippen molar-refractivity contribution in [1.29, 1.82) is 0 Å². The molecule has 1 saturated heterocycles. The van der Waals surface area contributed by atoms with Crippen LogP contribution in [0.1, 0.15) is 30.1 Å². The first-order valence-electron chi connectivity index (χ1n) is 7.26. The average molecular weight is 285 g/mol. The molecule has 1 aromatic heterocycles. The molecule has 6 heteroatoms. The second-order valence-corrected chi connectivity index (χ2v) is 5.26. The minimum absolute atomic E-state index is 0.0666. The number of aromatic nitrogens is 3. The normalized spacial score (nSPS) is 21.3. The summed E-state index contributed by atoms with van der Waals surface area (Å²) in [5.74, 6) is 0.0666. The Morgan fingerprint density at radius 1 is 1.29 bits per heavy atom. The predicted octanol–water partition coefficient (Wildman–Crippen LogP) is 0.957. The van der Waals surface area contributed by atoms with E-state index in [1.165, 1.54) is 5.56 Å². The van der Waals surface area contributed by atoms with E-state index in [9.17, 15) is 4.79 Å². The van der Waals surface area contributed by atoms with Crippen LogP contribution in [0.4, 0.5) is 0 Å². The summed E-state index contributed by atoms with van der Waals surface area (Å²) in [5, 5.41) is 16.6. The molecule has 1 aliphatic rings. The lowest BCUT2D eigenvalue weighted by atomic mass is 10.1. The summed E-state index contributed by atoms with van der Waals surface area (Å²) in [5.41, 5.74) is 2.10. The SMILES string of the molecule is O=C(NCCc1cn[nH]n1)[C@H]1CC[C@H](c2ccccc2)N1. The first-order valence-corrected chi connectivity index (χ1v) is 7.26. The Morgan fingerprint density at radius 2 is 2.14 bits per heavy atom. The molecule has 3 N–H and O–H groups in total. The Bertz CT molecular complexity index is 569. The lowest BCUT2D eigenvalue weighted by Crippen LogP contribution is -2.41. The number of hydrogen-bond donors (Lipinski definition) is 3. The summed E-state index contributed by atoms with van der Waals surface area (Å²) in [6.07, 6.45) is 4.23. The highest BCUT2D eigenvalue weighted by atomic mass is 16.2. The molecule has 1 fully saturated rings. The summed E-state index contributed by atoms with van der Waals surface area (Å²) in [7, 11) is 0. The summed E-state index contributed by atoms with van der Waals surface area (Å²) < 4.78 is 0. The molecule has 0 spiro atoms. The third kappa shape index (κ3) is 3.46. The molecule has 2 heterocycles. The first-order chi connectivity index (χ1) is 10.3. The summed E-state index contributed by atoms with van der Waals surface area (Å²) in [6, 6.07) is 10.4. The topological polar surface area (TPSA) is 82.7 Å². The van der Waals surface area contributed by atoms with E-state index in [2.05, 4.69) is 38.2 Å². The number of rotatable bonds is 5. The van der Waals surface area contributed by atoms with E-state index in [1.807, 2.05) is 18.2 Å². The molecule has 3 rings (SSSR count). The van der Waals surface area contributed by atoms with Crippen LogP contribution in [0.15, 0.2) is 36.5 Å². The molecule has 1 amide bonds. The van der Waals surface area contributed by atoms with Gasteiger partial charge in [-0.1, -0.05) is 30.3 Å². The van der Waals surface area contributed by atoms with Gasteiger partial charge >= 0.3 is 0 Å². The highest BCUT2D eigenvalue weighted by Crippen LogP contribution is 2.26. The maximum atomic E-state index is 12.1. The van der Waals surface area contributed by atoms with Gasteiger partial charge in [0.1, 0.15) is 0 Å². The zero-order chi connectivity index (χ0) is 14.5. The molecule has 0 aliphatic carbocycles. The molecule has 21 heavy (non-hydrogen) atoms. The van der Waals surface area contributed by atoms with Gasteiger partial charge < -0.3 is 5.32 Å². The van der Waals surface area contributed by atoms with Crippen LogP contribution in [0.5, 0.6) is 0 Å². The van der Waals surface area contributed by atoms with Gasteiger partial charge in [-0.3, -0.25) is 10.1 Å². The number of carbonyl (C=O) groups excluding carboxylic acids is 1. The quantitative estimate of drug-likeness (QED) is 0.764. The van der Waals surface area contributed by atoms with Gasteiger partial charge in [0.25, 0.3) is 0 Å². The van der Waals surface area contributed by atoms with Crippen molar-refractivity contribution < 1.29 is 4.79 Å². The summed E-state index contributed by atoms with van der Waals surface area (Å²) in [4.78, 5) is 12.1. The predicted molar refractivity (Wildman–Crippen MR) is 78.4 cm³/mol. The first kappa shape index (κ1) is 13.8. The fourth-order valence-electron chi connectivity index (χ4n) is 2.68. The summed E-state index contributed by atoms with van der Waals surface area (Å²) >= 11 is 0. The van der Waals surface area contributed by atoms with E-state index in [-0.39, 0.29) is 18.0 Å². The monoisotopic (exact) mass is 285 g/mol. The van der Waals surface area contributed by atoms with E-state index in [0.717, 1.165) is 18.5 Å². The van der Waals surface area contributed by atoms with Crippen LogP contribution in [0.25, 0.3) is 0 Å². The van der Waals surface area contributed by atoms with Crippen molar-refractivity contribution in [2.45, 2.75) is 31.3 Å². The summed E-state index contributed by atoms with van der Waals surface area (Å²) in [6.45, 7) is 0.583. The number of hydrogen-bond acceptors (Lipinski definition) is 4. The molecule has 2 aromatic rings. The lowest BCUT2D eigenvalue weighted by molar-refractivity contribution is -0.122. The van der Waals surface area contributed by atoms with Crippen molar-refractivity contribution in [1.82, 2.24) is 26.0 Å². The number of benzene rings is 1. The van der Waals surface area contributed by atoms with E-state index in [0.29, 0.717) is 13.0 Å². The van der Waals surface area contributed by atoms with Gasteiger partial charge in [-0.2, -0.15) is 15.4 Å². The molecule has 1 aromatic carbocycles. The van der Waals surface area contributed by atoms with Gasteiger partial charge in [0.2, 0.25) is 5.91 Å². The van der Waals surface area contributed by atoms with Crippen LogP contribution in [-0.2, 0) is 11.2 Å². The van der Waals surface area contributed by atoms with Crippen molar-refractivity contribution in [3.05, 3.63) is 47.8 Å². The van der Waals surface area contributed by atoms with Crippen molar-refractivity contribution in [3.63, 3.8) is 0 Å². The average Bonchev–Trinajstić information content (AvgIpc) is 3.20. The highest BCUT2D eigenvalue weighted by Gasteiger charge is 2.29. The molecule has 0 unspecified atom stereocenters. The Labute approximate surface area is 123 Å². The largest absolute Gasteiger partial charge is 0.354 e. The smallest absolute Gasteiger partial charge is 0.237 e. The second-order valence-electron chi connectivity index (χ2n) is 5.26. The van der Waals surface area contributed by atoms with Crippen molar-refractivity contribution in [3.8, 4) is 0 Å². The zero-order valence-electron chi connectivity index (χ0n) is 11.7. The molecule has 2 atom stereocenters. The van der Waals surface area contributed by atoms with Gasteiger partial charge in [0.05, 0.1) is 17.9 Å². The van der Waals surface area contributed by atoms with Crippen LogP contribution >= 0.6 is 0 Å². The third-order valence-corrected chi connectivity index (χ3v) is 3.81. The minimum atomic E-state index is -0.104. The van der Waals surface area contributed by atoms with Gasteiger partial charge in [0.15, 0.2) is 0 Å². The Balaban J connectivity index is 1.46. The van der Waals surface area contributed by atoms with Crippen LogP contribution < -0.4 is 10.6 Å². The molecule has 6 nitrogen and oxygen atoms in total. The molecule has 0 saturated carbocycles. The number of carbonyl (C=O) groups is 1. The van der Waals surface area contributed by atoms with Crippen LogP contribution in [0.3, 0.4) is 0 Å². The number of aromatic amines is 1. The number of H-pyrrole nitrogens is 1. The van der Waals surface area contributed by atoms with E-state index >= 15 is 0 Å². The second kappa shape index (κ2) is 6.49. The highest BCUT2D eigenvalue weighted by molar-refractivity contribution is 5.82. The Morgan fingerprint density at radius 3 is 2.90 bits per heavy atom. The molecule has 110 valence electrons. The zero-order valence-corrected chi connectivity index (χ0v) is 11.7. The Hall–Kier alpha value is -2.21. The lowest BCUT2D eigenvalue weighted by Gasteiger charge is -2.14. The standard InChI is InChI=1S/C15H19N5O/c21-15(16-9-8-12-10-17-20-19-12)14-7-6-13(18-14)11-4-2-1-3-5-11/h1-5,10,13-14,18H,6-9H2,(H,16,21)(H,17,19,20)/t13-,14-/m1/s1. The molecular weight excluding hydrogens is 266 g/mol. The van der Waals surface area contributed by atoms with Crippen LogP contribution in [0.2, 0.25) is 0 Å². The maximum Gasteiger partial charge on any atom is 0.237 e. The number of amides is 1. The van der Waals surface area contributed by atoms with Gasteiger partial charge in [-0.05, 0) is 18.4 Å². The van der Waals surface area contributed by atoms with E-state index in [1.54, 1.807) is 6.20 Å². The number of nitrogens with zero attached hydrogens (tertiary/aromatic N) is 2. The van der Waals surface area contributed by atoms with Crippen molar-refractivity contribution in [2.24, 2.45) is 0 Å². The van der Waals surface area contributed by atoms with Crippen molar-refractivity contribution in [2.75, 3.05) is 6.54 Å². The molecule has 0 bridgehead atoms. The van der Waals surface area contributed by atoms with Crippen molar-refractivity contribution >= 4 is 5.91 Å². The molecule has 0 radical (unpaired) electrons. The number of nitrogens with one attached hydrogen (secondary N) is 3. The third-order valence-electron chi connectivity index (χ3n) is 3.81. The van der Waals surface area contributed by atoms with E-state index < -0.39 is 0 Å². The van der Waals surface area contributed by atoms with Gasteiger partial charge in [-0.15, -0.1) is 0 Å². The molecule has 1 aliphatic heterocycles.